The van der Waals surface area contributed by atoms with Gasteiger partial charge in [-0.25, -0.2) is 0 Å². The van der Waals surface area contributed by atoms with Crippen LogP contribution in [0.3, 0.4) is 0 Å². The number of tetrazole rings is 1. The van der Waals surface area contributed by atoms with Crippen molar-refractivity contribution < 1.29 is 16.0 Å². The van der Waals surface area contributed by atoms with Gasteiger partial charge in [-0.2, -0.15) is 0 Å². The van der Waals surface area contributed by atoms with Crippen molar-refractivity contribution in [3.8, 4) is 0 Å². The fourth-order valence-electron chi connectivity index (χ4n) is 0.148. The maximum atomic E-state index is 3.42. The molecule has 1 rings (SSSR count). The summed E-state index contributed by atoms with van der Waals surface area (Å²) >= 11 is 2.99. The summed E-state index contributed by atoms with van der Waals surface area (Å²) < 4.78 is 0.558. The van der Waals surface area contributed by atoms with Crippen molar-refractivity contribution in [2.75, 3.05) is 0 Å². The molecule has 4 nitrogen and oxygen atoms in total. The molecule has 0 aliphatic heterocycles. The molecule has 6 heavy (non-hydrogen) atoms. The topological polar surface area (TPSA) is 54.5 Å². The van der Waals surface area contributed by atoms with E-state index in [-0.39, 0.29) is 0 Å². The summed E-state index contributed by atoms with van der Waals surface area (Å²) in [5, 5.41) is 12.4. The first-order chi connectivity index (χ1) is 2.89. The number of hydrogen-bond donors (Lipinski definition) is 1. The van der Waals surface area contributed by atoms with Crippen LogP contribution in [0.2, 0.25) is 0 Å². The van der Waals surface area contributed by atoms with Crippen molar-refractivity contribution in [2.45, 2.75) is 0 Å². The zero-order valence-electron chi connectivity index (χ0n) is 2.72. The Labute approximate surface area is 42.1 Å². The third kappa shape index (κ3) is 0.554. The zero-order chi connectivity index (χ0) is 4.41. The van der Waals surface area contributed by atoms with Gasteiger partial charge in [0.1, 0.15) is 0 Å². The molecule has 0 spiro atoms. The fraction of sp³-hybridized carbons (Fsp3) is 0. The second-order valence-electron chi connectivity index (χ2n) is 0.692. The molecule has 1 aromatic heterocycles. The predicted octanol–water partition coefficient (Wildman–Crippen LogP) is -1.63. The van der Waals surface area contributed by atoms with E-state index in [0.717, 1.165) is 0 Å². The number of H-pyrrole nitrogens is 1. The summed E-state index contributed by atoms with van der Waals surface area (Å²) in [6.07, 6.45) is 0. The molecule has 0 aliphatic carbocycles. The molecule has 0 saturated carbocycles. The summed E-state index contributed by atoms with van der Waals surface area (Å²) in [5.41, 5.74) is 0. The van der Waals surface area contributed by atoms with Gasteiger partial charge >= 0.3 is 41.4 Å². The van der Waals surface area contributed by atoms with Crippen LogP contribution in [-0.4, -0.2) is 20.6 Å². The molecule has 0 amide bonds. The van der Waals surface area contributed by atoms with Crippen LogP contribution in [0.15, 0.2) is 0 Å². The second kappa shape index (κ2) is 1.36. The van der Waals surface area contributed by atoms with Gasteiger partial charge in [0.05, 0.1) is 0 Å². The Kier molecular flexibility index (Phi) is 0.855. The number of rotatable bonds is 0. The quantitative estimate of drug-likeness (QED) is 0.422. The van der Waals surface area contributed by atoms with Crippen LogP contribution < -0.4 is 4.72 Å². The first-order valence-electron chi connectivity index (χ1n) is 1.29. The number of hydrogen-bond acceptors (Lipinski definition) is 3. The molecule has 5 heteroatoms. The molecular weight excluding hydrogens is 123 g/mol. The summed E-state index contributed by atoms with van der Waals surface area (Å²) in [5.74, 6) is 0. The average Bonchev–Trinajstić information content (AvgIpc) is 1.86. The minimum atomic E-state index is 0.558. The van der Waals surface area contributed by atoms with Crippen LogP contribution in [-0.2, 0) is 16.0 Å². The monoisotopic (exact) mass is 124 g/mol. The second-order valence-corrected chi connectivity index (χ2v) is 1.25. The van der Waals surface area contributed by atoms with Gasteiger partial charge < -0.3 is 0 Å². The van der Waals surface area contributed by atoms with Crippen molar-refractivity contribution >= 4 is 4.72 Å². The Balaban J connectivity index is 3.05. The number of nitrogens with one attached hydrogen (secondary N) is 1. The molecule has 0 unspecified atom stereocenters. The van der Waals surface area contributed by atoms with E-state index in [9.17, 15) is 0 Å². The van der Waals surface area contributed by atoms with Gasteiger partial charge in [0.25, 0.3) is 0 Å². The predicted molar refractivity (Wildman–Crippen MR) is 13.8 cm³/mol. The molecule has 1 heterocycles. The first kappa shape index (κ1) is 3.77. The Morgan fingerprint density at radius 1 is 1.67 bits per heavy atom. The van der Waals surface area contributed by atoms with Crippen molar-refractivity contribution in [3.05, 3.63) is 0 Å². The molecule has 0 saturated heterocycles. The molecule has 1 N–H and O–H groups in total. The van der Waals surface area contributed by atoms with Crippen LogP contribution in [0.4, 0.5) is 0 Å². The Bertz CT molecular complexity index is 111. The SMILES string of the molecule is [Mn][c]1nnn[nH]1. The van der Waals surface area contributed by atoms with E-state index in [1.54, 1.807) is 0 Å². The van der Waals surface area contributed by atoms with Gasteiger partial charge in [-0.05, 0) is 0 Å². The number of nitrogens with zero attached hydrogens (tertiary/aromatic N) is 3. The normalized spacial score (nSPS) is 8.83. The summed E-state index contributed by atoms with van der Waals surface area (Å²) in [6, 6.07) is 0. The van der Waals surface area contributed by atoms with Gasteiger partial charge in [0.15, 0.2) is 0 Å². The average molecular weight is 124 g/mol. The standard InChI is InChI=1S/CHN4.Mn/c1-2-4-5-3-1;/h(H,2,3,4,5);. The number of aromatic amines is 1. The Hall–Kier alpha value is -0.411. The van der Waals surface area contributed by atoms with Crippen LogP contribution >= 0.6 is 0 Å². The molecule has 0 bridgehead atoms. The molecule has 32 valence electrons. The van der Waals surface area contributed by atoms with E-state index in [2.05, 4.69) is 36.6 Å². The van der Waals surface area contributed by atoms with Crippen molar-refractivity contribution in [3.63, 3.8) is 0 Å². The molecule has 0 fully saturated rings. The molecular formula is CHMnN4. The summed E-state index contributed by atoms with van der Waals surface area (Å²) in [4.78, 5) is 0. The van der Waals surface area contributed by atoms with Crippen LogP contribution in [0.25, 0.3) is 0 Å². The van der Waals surface area contributed by atoms with Gasteiger partial charge in [0.2, 0.25) is 0 Å². The van der Waals surface area contributed by atoms with E-state index >= 15 is 0 Å². The van der Waals surface area contributed by atoms with Crippen LogP contribution in [0, 0.1) is 0 Å². The van der Waals surface area contributed by atoms with E-state index in [1.165, 1.54) is 0 Å². The van der Waals surface area contributed by atoms with E-state index in [1.807, 2.05) is 0 Å². The molecule has 0 atom stereocenters. The summed E-state index contributed by atoms with van der Waals surface area (Å²) in [6.45, 7) is 0. The van der Waals surface area contributed by atoms with Gasteiger partial charge in [-0.15, -0.1) is 0 Å². The molecule has 0 aromatic carbocycles. The Morgan fingerprint density at radius 2 is 2.50 bits per heavy atom. The van der Waals surface area contributed by atoms with Gasteiger partial charge in [-0.3, -0.25) is 0 Å². The van der Waals surface area contributed by atoms with Gasteiger partial charge in [-0.1, -0.05) is 0 Å². The third-order valence-corrected chi connectivity index (χ3v) is 0.570. The van der Waals surface area contributed by atoms with Crippen LogP contribution in [0.1, 0.15) is 0 Å². The maximum absolute atomic E-state index is 3.42. The molecule has 1 aromatic rings. The fourth-order valence-corrected chi connectivity index (χ4v) is 0.259. The third-order valence-electron chi connectivity index (χ3n) is 0.319. The van der Waals surface area contributed by atoms with Crippen molar-refractivity contribution in [1.29, 1.82) is 0 Å². The van der Waals surface area contributed by atoms with Crippen LogP contribution in [0.5, 0.6) is 0 Å². The van der Waals surface area contributed by atoms with E-state index in [4.69, 9.17) is 0 Å². The minimum absolute atomic E-state index is 0.558. The van der Waals surface area contributed by atoms with Gasteiger partial charge in [0, 0.05) is 0 Å². The molecule has 0 radical (unpaired) electrons. The van der Waals surface area contributed by atoms with E-state index < -0.39 is 0 Å². The number of aromatic nitrogens is 4. The van der Waals surface area contributed by atoms with Crippen molar-refractivity contribution in [2.24, 2.45) is 0 Å². The Morgan fingerprint density at radius 3 is 2.67 bits per heavy atom. The van der Waals surface area contributed by atoms with Crippen molar-refractivity contribution in [1.82, 2.24) is 20.6 Å². The zero-order valence-corrected chi connectivity index (χ0v) is 3.90. The summed E-state index contributed by atoms with van der Waals surface area (Å²) in [7, 11) is 0. The van der Waals surface area contributed by atoms with E-state index in [0.29, 0.717) is 4.72 Å². The first-order valence-corrected chi connectivity index (χ1v) is 1.88. The molecule has 0 aliphatic rings.